The lowest BCUT2D eigenvalue weighted by molar-refractivity contribution is -0.385. The first-order chi connectivity index (χ1) is 13.5. The molecule has 1 saturated carbocycles. The summed E-state index contributed by atoms with van der Waals surface area (Å²) in [4.78, 5) is 27.2. The Morgan fingerprint density at radius 3 is 2.64 bits per heavy atom. The number of ether oxygens (including phenoxy) is 1. The topological polar surface area (TPSA) is 106 Å². The molecule has 1 aromatic heterocycles. The highest BCUT2D eigenvalue weighted by atomic mass is 16.6. The number of amides is 1. The molecule has 2 aromatic rings. The zero-order valence-corrected chi connectivity index (χ0v) is 16.0. The number of rotatable bonds is 6. The smallest absolute Gasteiger partial charge is 0.290 e. The molecule has 2 N–H and O–H groups in total. The second-order valence-electron chi connectivity index (χ2n) is 6.98. The lowest BCUT2D eigenvalue weighted by Crippen LogP contribution is -2.25. The summed E-state index contributed by atoms with van der Waals surface area (Å²) in [7, 11) is 1.56. The molecule has 0 saturated heterocycles. The van der Waals surface area contributed by atoms with Crippen molar-refractivity contribution in [1.82, 2.24) is 4.98 Å². The number of nitrogens with zero attached hydrogens (tertiary/aromatic N) is 2. The van der Waals surface area contributed by atoms with Crippen molar-refractivity contribution in [1.29, 1.82) is 0 Å². The van der Waals surface area contributed by atoms with Crippen LogP contribution in [0.15, 0.2) is 30.5 Å². The molecule has 0 radical (unpaired) electrons. The molecule has 1 aliphatic rings. The van der Waals surface area contributed by atoms with Crippen molar-refractivity contribution in [2.24, 2.45) is 5.92 Å². The van der Waals surface area contributed by atoms with E-state index >= 15 is 0 Å². The first kappa shape index (κ1) is 19.6. The van der Waals surface area contributed by atoms with Crippen molar-refractivity contribution >= 4 is 28.8 Å². The fourth-order valence-corrected chi connectivity index (χ4v) is 3.44. The van der Waals surface area contributed by atoms with Gasteiger partial charge in [0.25, 0.3) is 5.69 Å². The molecule has 1 heterocycles. The Hall–Kier alpha value is -3.16. The van der Waals surface area contributed by atoms with E-state index in [0.717, 1.165) is 25.7 Å². The van der Waals surface area contributed by atoms with Gasteiger partial charge in [-0.3, -0.25) is 14.9 Å². The normalized spacial score (nSPS) is 14.4. The molecule has 8 nitrogen and oxygen atoms in total. The Balaban J connectivity index is 1.77. The number of nitrogens with one attached hydrogen (secondary N) is 2. The summed E-state index contributed by atoms with van der Waals surface area (Å²) in [6.07, 6.45) is 6.42. The van der Waals surface area contributed by atoms with Crippen LogP contribution in [0.4, 0.5) is 22.9 Å². The number of carbonyl (C=O) groups is 1. The lowest BCUT2D eigenvalue weighted by atomic mass is 9.88. The number of hydrogen-bond acceptors (Lipinski definition) is 6. The summed E-state index contributed by atoms with van der Waals surface area (Å²) >= 11 is 0. The van der Waals surface area contributed by atoms with Gasteiger partial charge in [-0.25, -0.2) is 4.98 Å². The molecule has 0 bridgehead atoms. The zero-order valence-electron chi connectivity index (χ0n) is 16.0. The van der Waals surface area contributed by atoms with Gasteiger partial charge in [-0.2, -0.15) is 0 Å². The zero-order chi connectivity index (χ0) is 20.1. The van der Waals surface area contributed by atoms with E-state index < -0.39 is 4.92 Å². The summed E-state index contributed by atoms with van der Waals surface area (Å²) in [5.41, 5.74) is 1.77. The van der Waals surface area contributed by atoms with Gasteiger partial charge in [0.15, 0.2) is 0 Å². The minimum atomic E-state index is -0.460. The van der Waals surface area contributed by atoms with Crippen LogP contribution in [0.1, 0.15) is 37.7 Å². The van der Waals surface area contributed by atoms with Gasteiger partial charge >= 0.3 is 0 Å². The molecule has 1 amide bonds. The molecule has 1 fully saturated rings. The summed E-state index contributed by atoms with van der Waals surface area (Å²) in [6, 6.07) is 6.95. The third kappa shape index (κ3) is 4.57. The van der Waals surface area contributed by atoms with E-state index in [-0.39, 0.29) is 17.5 Å². The van der Waals surface area contributed by atoms with Crippen LogP contribution in [0, 0.1) is 23.0 Å². The van der Waals surface area contributed by atoms with Crippen LogP contribution in [-0.2, 0) is 4.79 Å². The van der Waals surface area contributed by atoms with E-state index in [0.29, 0.717) is 28.5 Å². The third-order valence-electron chi connectivity index (χ3n) is 4.99. The van der Waals surface area contributed by atoms with Crippen LogP contribution < -0.4 is 15.4 Å². The molecule has 0 atom stereocenters. The Labute approximate surface area is 163 Å². The van der Waals surface area contributed by atoms with E-state index in [1.807, 2.05) is 0 Å². The molecule has 148 valence electrons. The van der Waals surface area contributed by atoms with Gasteiger partial charge in [-0.05, 0) is 44.0 Å². The summed E-state index contributed by atoms with van der Waals surface area (Å²) in [6.45, 7) is 1.66. The molecule has 0 aliphatic heterocycles. The van der Waals surface area contributed by atoms with Crippen LogP contribution in [0.5, 0.6) is 5.75 Å². The predicted molar refractivity (Wildman–Crippen MR) is 107 cm³/mol. The van der Waals surface area contributed by atoms with Crippen molar-refractivity contribution in [2.45, 2.75) is 39.0 Å². The Morgan fingerprint density at radius 1 is 1.25 bits per heavy atom. The maximum absolute atomic E-state index is 12.6. The fraction of sp³-hybridized carbons (Fsp3) is 0.400. The van der Waals surface area contributed by atoms with Gasteiger partial charge in [-0.1, -0.05) is 19.3 Å². The lowest BCUT2D eigenvalue weighted by Gasteiger charge is -2.21. The number of nitro groups is 1. The molecule has 0 spiro atoms. The van der Waals surface area contributed by atoms with Gasteiger partial charge in [0.05, 0.1) is 17.7 Å². The maximum atomic E-state index is 12.6. The SMILES string of the molecule is COc1ccc(Nc2cc(C)c([N+](=O)[O-])cn2)cc1NC(=O)C1CCCCC1. The van der Waals surface area contributed by atoms with Crippen molar-refractivity contribution in [3.8, 4) is 5.75 Å². The average Bonchev–Trinajstić information content (AvgIpc) is 2.68. The van der Waals surface area contributed by atoms with E-state index in [1.165, 1.54) is 12.6 Å². The molecule has 3 rings (SSSR count). The van der Waals surface area contributed by atoms with Gasteiger partial charge in [0.2, 0.25) is 5.91 Å². The van der Waals surface area contributed by atoms with E-state index in [2.05, 4.69) is 15.6 Å². The maximum Gasteiger partial charge on any atom is 0.290 e. The number of methoxy groups -OCH3 is 1. The molecule has 8 heteroatoms. The number of pyridine rings is 1. The number of benzene rings is 1. The minimum absolute atomic E-state index is 0.0134. The van der Waals surface area contributed by atoms with E-state index in [4.69, 9.17) is 4.74 Å². The van der Waals surface area contributed by atoms with Crippen LogP contribution in [-0.4, -0.2) is 22.9 Å². The molecule has 0 unspecified atom stereocenters. The number of aryl methyl sites for hydroxylation is 1. The number of carbonyl (C=O) groups excluding carboxylic acids is 1. The Kier molecular flexibility index (Phi) is 6.08. The van der Waals surface area contributed by atoms with Gasteiger partial charge in [-0.15, -0.1) is 0 Å². The monoisotopic (exact) mass is 384 g/mol. The number of hydrogen-bond donors (Lipinski definition) is 2. The van der Waals surface area contributed by atoms with Crippen LogP contribution >= 0.6 is 0 Å². The van der Waals surface area contributed by atoms with E-state index in [9.17, 15) is 14.9 Å². The highest BCUT2D eigenvalue weighted by molar-refractivity contribution is 5.94. The van der Waals surface area contributed by atoms with Crippen LogP contribution in [0.3, 0.4) is 0 Å². The summed E-state index contributed by atoms with van der Waals surface area (Å²) < 4.78 is 5.37. The standard InChI is InChI=1S/C20H24N4O4/c1-13-10-19(21-12-17(13)24(26)27)22-15-8-9-18(28-2)16(11-15)23-20(25)14-6-4-3-5-7-14/h8-12,14H,3-7H2,1-2H3,(H,21,22)(H,23,25). The van der Waals surface area contributed by atoms with Crippen molar-refractivity contribution in [3.63, 3.8) is 0 Å². The van der Waals surface area contributed by atoms with E-state index in [1.54, 1.807) is 38.3 Å². The first-order valence-electron chi connectivity index (χ1n) is 9.35. The van der Waals surface area contributed by atoms with Gasteiger partial charge in [0.1, 0.15) is 17.8 Å². The first-order valence-corrected chi connectivity index (χ1v) is 9.35. The fourth-order valence-electron chi connectivity index (χ4n) is 3.44. The molecule has 1 aromatic carbocycles. The van der Waals surface area contributed by atoms with Crippen LogP contribution in [0.2, 0.25) is 0 Å². The van der Waals surface area contributed by atoms with Crippen molar-refractivity contribution in [2.75, 3.05) is 17.7 Å². The quantitative estimate of drug-likeness (QED) is 0.558. The van der Waals surface area contributed by atoms with Gasteiger partial charge < -0.3 is 15.4 Å². The highest BCUT2D eigenvalue weighted by Gasteiger charge is 2.22. The predicted octanol–water partition coefficient (Wildman–Crippen LogP) is 4.57. The Morgan fingerprint density at radius 2 is 2.00 bits per heavy atom. The average molecular weight is 384 g/mol. The minimum Gasteiger partial charge on any atom is -0.495 e. The Bertz CT molecular complexity index is 879. The van der Waals surface area contributed by atoms with Crippen molar-refractivity contribution in [3.05, 3.63) is 46.1 Å². The second kappa shape index (κ2) is 8.69. The molecule has 28 heavy (non-hydrogen) atoms. The number of aromatic nitrogens is 1. The summed E-state index contributed by atoms with van der Waals surface area (Å²) in [5, 5.41) is 17.0. The summed E-state index contributed by atoms with van der Waals surface area (Å²) in [5.74, 6) is 1.11. The third-order valence-corrected chi connectivity index (χ3v) is 4.99. The van der Waals surface area contributed by atoms with Crippen LogP contribution in [0.25, 0.3) is 0 Å². The number of anilines is 3. The molecular weight excluding hydrogens is 360 g/mol. The largest absolute Gasteiger partial charge is 0.495 e. The second-order valence-corrected chi connectivity index (χ2v) is 6.98. The van der Waals surface area contributed by atoms with Gasteiger partial charge in [0, 0.05) is 17.2 Å². The van der Waals surface area contributed by atoms with Crippen molar-refractivity contribution < 1.29 is 14.5 Å². The molecular formula is C20H24N4O4. The highest BCUT2D eigenvalue weighted by Crippen LogP contribution is 2.32. The molecule has 1 aliphatic carbocycles.